The number of hydrogen-bond donors (Lipinski definition) is 1. The van der Waals surface area contributed by atoms with Crippen LogP contribution in [0.15, 0.2) is 18.2 Å². The molecule has 2 unspecified atom stereocenters. The number of nitriles is 1. The molecule has 1 aromatic carbocycles. The van der Waals surface area contributed by atoms with Crippen molar-refractivity contribution in [1.82, 2.24) is 0 Å². The molecular formula is C14H19NO. The second-order valence-electron chi connectivity index (χ2n) is 4.71. The van der Waals surface area contributed by atoms with Crippen LogP contribution in [0.4, 0.5) is 0 Å². The Morgan fingerprint density at radius 3 is 2.19 bits per heavy atom. The van der Waals surface area contributed by atoms with E-state index >= 15 is 0 Å². The van der Waals surface area contributed by atoms with Gasteiger partial charge in [0.15, 0.2) is 0 Å². The van der Waals surface area contributed by atoms with Gasteiger partial charge in [-0.05, 0) is 32.8 Å². The molecule has 16 heavy (non-hydrogen) atoms. The molecular weight excluding hydrogens is 198 g/mol. The van der Waals surface area contributed by atoms with Crippen LogP contribution in [-0.2, 0) is 0 Å². The molecule has 1 aromatic rings. The topological polar surface area (TPSA) is 44.0 Å². The minimum Gasteiger partial charge on any atom is -0.387 e. The molecule has 0 aliphatic rings. The second-order valence-corrected chi connectivity index (χ2v) is 4.71. The fraction of sp³-hybridized carbons (Fsp3) is 0.500. The van der Waals surface area contributed by atoms with E-state index < -0.39 is 11.5 Å². The van der Waals surface area contributed by atoms with Crippen molar-refractivity contribution in [3.8, 4) is 6.07 Å². The van der Waals surface area contributed by atoms with Gasteiger partial charge in [0.25, 0.3) is 0 Å². The Labute approximate surface area is 97.5 Å². The van der Waals surface area contributed by atoms with Crippen LogP contribution in [0.25, 0.3) is 0 Å². The quantitative estimate of drug-likeness (QED) is 0.844. The first-order valence-corrected chi connectivity index (χ1v) is 5.60. The number of nitrogens with zero attached hydrogens (tertiary/aromatic N) is 1. The standard InChI is InChI=1S/C14H19NO/c1-5-14(4,9-15)13(16)12-7-10(2)6-11(3)8-12/h6-8,13,16H,5H2,1-4H3. The molecule has 1 rings (SSSR count). The van der Waals surface area contributed by atoms with Crippen molar-refractivity contribution in [2.45, 2.75) is 40.2 Å². The maximum absolute atomic E-state index is 10.3. The van der Waals surface area contributed by atoms with Crippen LogP contribution in [0.1, 0.15) is 43.1 Å². The highest BCUT2D eigenvalue weighted by Gasteiger charge is 2.32. The lowest BCUT2D eigenvalue weighted by Crippen LogP contribution is -2.23. The molecule has 2 atom stereocenters. The number of hydrogen-bond acceptors (Lipinski definition) is 2. The van der Waals surface area contributed by atoms with Gasteiger partial charge in [0, 0.05) is 0 Å². The molecule has 0 aliphatic heterocycles. The molecule has 0 fully saturated rings. The second kappa shape index (κ2) is 4.67. The van der Waals surface area contributed by atoms with Gasteiger partial charge < -0.3 is 5.11 Å². The summed E-state index contributed by atoms with van der Waals surface area (Å²) in [5.41, 5.74) is 2.36. The molecule has 0 aromatic heterocycles. The highest BCUT2D eigenvalue weighted by atomic mass is 16.3. The fourth-order valence-electron chi connectivity index (χ4n) is 1.87. The number of benzene rings is 1. The average molecular weight is 217 g/mol. The van der Waals surface area contributed by atoms with Gasteiger partial charge in [-0.25, -0.2) is 0 Å². The van der Waals surface area contributed by atoms with E-state index in [1.54, 1.807) is 6.92 Å². The third kappa shape index (κ3) is 2.43. The van der Waals surface area contributed by atoms with Crippen LogP contribution < -0.4 is 0 Å². The van der Waals surface area contributed by atoms with Crippen LogP contribution in [0, 0.1) is 30.6 Å². The molecule has 0 aliphatic carbocycles. The number of aryl methyl sites for hydroxylation is 2. The third-order valence-electron chi connectivity index (χ3n) is 3.15. The Bertz CT molecular complexity index is 399. The first-order chi connectivity index (χ1) is 7.42. The number of aliphatic hydroxyl groups excluding tert-OH is 1. The number of aliphatic hydroxyl groups is 1. The first kappa shape index (κ1) is 12.7. The molecule has 0 bridgehead atoms. The molecule has 86 valence electrons. The zero-order valence-corrected chi connectivity index (χ0v) is 10.4. The Balaban J connectivity index is 3.14. The highest BCUT2D eigenvalue weighted by Crippen LogP contribution is 2.36. The largest absolute Gasteiger partial charge is 0.387 e. The highest BCUT2D eigenvalue weighted by molar-refractivity contribution is 5.31. The van der Waals surface area contributed by atoms with E-state index in [-0.39, 0.29) is 0 Å². The maximum atomic E-state index is 10.3. The minimum atomic E-state index is -0.721. The lowest BCUT2D eigenvalue weighted by Gasteiger charge is -2.27. The first-order valence-electron chi connectivity index (χ1n) is 5.60. The summed E-state index contributed by atoms with van der Waals surface area (Å²) in [6, 6.07) is 8.17. The summed E-state index contributed by atoms with van der Waals surface area (Å²) in [6.07, 6.45) is -0.0846. The summed E-state index contributed by atoms with van der Waals surface area (Å²) in [6.45, 7) is 7.72. The molecule has 0 heterocycles. The van der Waals surface area contributed by atoms with E-state index in [9.17, 15) is 5.11 Å². The number of rotatable bonds is 3. The van der Waals surface area contributed by atoms with E-state index in [4.69, 9.17) is 5.26 Å². The van der Waals surface area contributed by atoms with Gasteiger partial charge in [-0.2, -0.15) is 5.26 Å². The van der Waals surface area contributed by atoms with Crippen LogP contribution in [-0.4, -0.2) is 5.11 Å². The smallest absolute Gasteiger partial charge is 0.0973 e. The molecule has 2 nitrogen and oxygen atoms in total. The zero-order chi connectivity index (χ0) is 12.3. The van der Waals surface area contributed by atoms with Crippen molar-refractivity contribution in [2.75, 3.05) is 0 Å². The Hall–Kier alpha value is -1.33. The lowest BCUT2D eigenvalue weighted by molar-refractivity contribution is 0.0721. The van der Waals surface area contributed by atoms with Crippen molar-refractivity contribution in [1.29, 1.82) is 5.26 Å². The van der Waals surface area contributed by atoms with Gasteiger partial charge in [-0.3, -0.25) is 0 Å². The monoisotopic (exact) mass is 217 g/mol. The molecule has 0 saturated carbocycles. The third-order valence-corrected chi connectivity index (χ3v) is 3.15. The van der Waals surface area contributed by atoms with Crippen molar-refractivity contribution in [3.05, 3.63) is 34.9 Å². The summed E-state index contributed by atoms with van der Waals surface area (Å²) in [5, 5.41) is 19.4. The summed E-state index contributed by atoms with van der Waals surface area (Å²) < 4.78 is 0. The van der Waals surface area contributed by atoms with Crippen LogP contribution in [0.5, 0.6) is 0 Å². The minimum absolute atomic E-state index is 0.637. The van der Waals surface area contributed by atoms with E-state index in [2.05, 4.69) is 12.1 Å². The molecule has 2 heteroatoms. The zero-order valence-electron chi connectivity index (χ0n) is 10.4. The van der Waals surface area contributed by atoms with Gasteiger partial charge in [-0.1, -0.05) is 36.2 Å². The van der Waals surface area contributed by atoms with Gasteiger partial charge in [-0.15, -0.1) is 0 Å². The Morgan fingerprint density at radius 2 is 1.81 bits per heavy atom. The summed E-state index contributed by atoms with van der Waals surface area (Å²) >= 11 is 0. The molecule has 0 saturated heterocycles. The Kier molecular flexibility index (Phi) is 3.72. The maximum Gasteiger partial charge on any atom is 0.0973 e. The summed E-state index contributed by atoms with van der Waals surface area (Å²) in [7, 11) is 0. The molecule has 1 N–H and O–H groups in total. The Morgan fingerprint density at radius 1 is 1.31 bits per heavy atom. The SMILES string of the molecule is CCC(C)(C#N)C(O)c1cc(C)cc(C)c1. The van der Waals surface area contributed by atoms with Crippen molar-refractivity contribution in [3.63, 3.8) is 0 Å². The van der Waals surface area contributed by atoms with Crippen molar-refractivity contribution in [2.24, 2.45) is 5.41 Å². The van der Waals surface area contributed by atoms with E-state index in [1.165, 1.54) is 0 Å². The lowest BCUT2D eigenvalue weighted by atomic mass is 9.79. The van der Waals surface area contributed by atoms with Crippen LogP contribution in [0.3, 0.4) is 0 Å². The predicted molar refractivity (Wildman–Crippen MR) is 64.9 cm³/mol. The van der Waals surface area contributed by atoms with Crippen molar-refractivity contribution < 1.29 is 5.11 Å². The summed E-state index contributed by atoms with van der Waals surface area (Å²) in [4.78, 5) is 0. The van der Waals surface area contributed by atoms with Crippen LogP contribution >= 0.6 is 0 Å². The van der Waals surface area contributed by atoms with E-state index in [0.717, 1.165) is 16.7 Å². The predicted octanol–water partition coefficient (Wildman–Crippen LogP) is 3.28. The van der Waals surface area contributed by atoms with Crippen LogP contribution in [0.2, 0.25) is 0 Å². The van der Waals surface area contributed by atoms with E-state index in [0.29, 0.717) is 6.42 Å². The summed E-state index contributed by atoms with van der Waals surface area (Å²) in [5.74, 6) is 0. The van der Waals surface area contributed by atoms with Gasteiger partial charge in [0.2, 0.25) is 0 Å². The molecule has 0 spiro atoms. The molecule has 0 radical (unpaired) electrons. The molecule has 0 amide bonds. The fourth-order valence-corrected chi connectivity index (χ4v) is 1.87. The van der Waals surface area contributed by atoms with Crippen molar-refractivity contribution >= 4 is 0 Å². The average Bonchev–Trinajstić information content (AvgIpc) is 2.25. The van der Waals surface area contributed by atoms with Gasteiger partial charge in [0.1, 0.15) is 0 Å². The van der Waals surface area contributed by atoms with Gasteiger partial charge >= 0.3 is 0 Å². The van der Waals surface area contributed by atoms with Gasteiger partial charge in [0.05, 0.1) is 17.6 Å². The van der Waals surface area contributed by atoms with E-state index in [1.807, 2.05) is 32.9 Å². The normalized spacial score (nSPS) is 16.2.